The van der Waals surface area contributed by atoms with E-state index in [-0.39, 0.29) is 24.3 Å². The fourth-order valence-corrected chi connectivity index (χ4v) is 3.06. The number of alkyl halides is 1. The van der Waals surface area contributed by atoms with Crippen molar-refractivity contribution in [1.29, 1.82) is 0 Å². The minimum atomic E-state index is -3.34. The first kappa shape index (κ1) is 16.4. The Morgan fingerprint density at radius 1 is 1.32 bits per heavy atom. The maximum atomic E-state index is 11.8. The summed E-state index contributed by atoms with van der Waals surface area (Å²) in [6.45, 7) is 2.54. The van der Waals surface area contributed by atoms with Crippen molar-refractivity contribution in [2.24, 2.45) is 0 Å². The van der Waals surface area contributed by atoms with Gasteiger partial charge >= 0.3 is 0 Å². The van der Waals surface area contributed by atoms with E-state index in [0.29, 0.717) is 13.0 Å². The molecule has 0 spiro atoms. The summed E-state index contributed by atoms with van der Waals surface area (Å²) in [5.74, 6) is 0.200. The number of halogens is 1. The van der Waals surface area contributed by atoms with Crippen molar-refractivity contribution in [2.75, 3.05) is 24.8 Å². The van der Waals surface area contributed by atoms with Gasteiger partial charge in [-0.3, -0.25) is 0 Å². The molecule has 6 heteroatoms. The van der Waals surface area contributed by atoms with Crippen LogP contribution >= 0.6 is 11.6 Å². The zero-order valence-corrected chi connectivity index (χ0v) is 12.6. The summed E-state index contributed by atoms with van der Waals surface area (Å²) in [4.78, 5) is 0. The van der Waals surface area contributed by atoms with E-state index in [0.717, 1.165) is 5.56 Å². The highest BCUT2D eigenvalue weighted by atomic mass is 35.5. The largest absolute Gasteiger partial charge is 0.381 e. The van der Waals surface area contributed by atoms with Gasteiger partial charge < -0.3 is 4.74 Å². The molecule has 0 amide bonds. The number of hydrogen-bond donors (Lipinski definition) is 1. The number of hydrogen-bond acceptors (Lipinski definition) is 3. The van der Waals surface area contributed by atoms with E-state index >= 15 is 0 Å². The van der Waals surface area contributed by atoms with Gasteiger partial charge in [-0.1, -0.05) is 30.3 Å². The standard InChI is InChI=1S/C13H20ClNO3S/c1-2-18-8-9-19(16,17)15-13(11-14)10-12-6-4-3-5-7-12/h3-7,13,15H,2,8-11H2,1H3. The monoisotopic (exact) mass is 305 g/mol. The van der Waals surface area contributed by atoms with Crippen molar-refractivity contribution in [3.05, 3.63) is 35.9 Å². The molecule has 0 aliphatic rings. The number of nitrogens with one attached hydrogen (secondary N) is 1. The van der Waals surface area contributed by atoms with Crippen molar-refractivity contribution < 1.29 is 13.2 Å². The summed E-state index contributed by atoms with van der Waals surface area (Å²) >= 11 is 5.83. The first-order valence-electron chi connectivity index (χ1n) is 6.25. The Kier molecular flexibility index (Phi) is 7.38. The predicted octanol–water partition coefficient (Wildman–Crippen LogP) is 1.79. The Morgan fingerprint density at radius 2 is 2.00 bits per heavy atom. The van der Waals surface area contributed by atoms with Gasteiger partial charge in [-0.15, -0.1) is 11.6 Å². The first-order chi connectivity index (χ1) is 9.07. The molecule has 1 aromatic rings. The van der Waals surface area contributed by atoms with Crippen LogP contribution in [0.5, 0.6) is 0 Å². The molecule has 0 saturated heterocycles. The average Bonchev–Trinajstić information content (AvgIpc) is 2.39. The molecule has 0 saturated carbocycles. The van der Waals surface area contributed by atoms with Gasteiger partial charge in [0.15, 0.2) is 0 Å². The van der Waals surface area contributed by atoms with Crippen molar-refractivity contribution in [3.8, 4) is 0 Å². The normalized spacial score (nSPS) is 13.4. The Hall–Kier alpha value is -0.620. The van der Waals surface area contributed by atoms with E-state index in [9.17, 15) is 8.42 Å². The average molecular weight is 306 g/mol. The van der Waals surface area contributed by atoms with Gasteiger partial charge in [-0.2, -0.15) is 0 Å². The van der Waals surface area contributed by atoms with Gasteiger partial charge in [0, 0.05) is 18.5 Å². The van der Waals surface area contributed by atoms with Gasteiger partial charge in [0.1, 0.15) is 0 Å². The highest BCUT2D eigenvalue weighted by Crippen LogP contribution is 2.05. The van der Waals surface area contributed by atoms with Crippen LogP contribution in [0.2, 0.25) is 0 Å². The summed E-state index contributed by atoms with van der Waals surface area (Å²) in [5.41, 5.74) is 1.06. The van der Waals surface area contributed by atoms with Crippen molar-refractivity contribution in [3.63, 3.8) is 0 Å². The molecular weight excluding hydrogens is 286 g/mol. The molecule has 0 aliphatic carbocycles. The van der Waals surface area contributed by atoms with Crippen molar-refractivity contribution in [1.82, 2.24) is 4.72 Å². The molecule has 0 bridgehead atoms. The van der Waals surface area contributed by atoms with Crippen LogP contribution in [0.4, 0.5) is 0 Å². The van der Waals surface area contributed by atoms with E-state index < -0.39 is 10.0 Å². The topological polar surface area (TPSA) is 55.4 Å². The summed E-state index contributed by atoms with van der Waals surface area (Å²) in [6, 6.07) is 9.37. The SMILES string of the molecule is CCOCCS(=O)(=O)NC(CCl)Cc1ccccc1. The number of ether oxygens (including phenoxy) is 1. The lowest BCUT2D eigenvalue weighted by Gasteiger charge is -2.16. The fraction of sp³-hybridized carbons (Fsp3) is 0.538. The molecule has 19 heavy (non-hydrogen) atoms. The third-order valence-electron chi connectivity index (χ3n) is 2.56. The Bertz CT molecular complexity index is 450. The van der Waals surface area contributed by atoms with Gasteiger partial charge in [-0.25, -0.2) is 13.1 Å². The van der Waals surface area contributed by atoms with Gasteiger partial charge in [0.2, 0.25) is 10.0 Å². The Labute approximate surface area is 120 Å². The van der Waals surface area contributed by atoms with Crippen molar-refractivity contribution in [2.45, 2.75) is 19.4 Å². The van der Waals surface area contributed by atoms with Crippen LogP contribution in [0, 0.1) is 0 Å². The molecular formula is C13H20ClNO3S. The molecule has 1 rings (SSSR count). The second-order valence-corrected chi connectivity index (χ2v) is 6.36. The Balaban J connectivity index is 2.52. The summed E-state index contributed by atoms with van der Waals surface area (Å²) in [7, 11) is -3.34. The van der Waals surface area contributed by atoms with Crippen LogP contribution in [-0.2, 0) is 21.2 Å². The van der Waals surface area contributed by atoms with E-state index in [1.165, 1.54) is 0 Å². The highest BCUT2D eigenvalue weighted by Gasteiger charge is 2.17. The van der Waals surface area contributed by atoms with Crippen LogP contribution in [0.25, 0.3) is 0 Å². The summed E-state index contributed by atoms with van der Waals surface area (Å²) in [5, 5.41) is 0. The maximum Gasteiger partial charge on any atom is 0.214 e. The molecule has 0 heterocycles. The van der Waals surface area contributed by atoms with E-state index in [1.807, 2.05) is 37.3 Å². The summed E-state index contributed by atoms with van der Waals surface area (Å²) in [6.07, 6.45) is 0.582. The highest BCUT2D eigenvalue weighted by molar-refractivity contribution is 7.89. The van der Waals surface area contributed by atoms with Gasteiger partial charge in [-0.05, 0) is 18.9 Å². The molecule has 0 aromatic heterocycles. The molecule has 1 atom stereocenters. The second kappa shape index (κ2) is 8.53. The lowest BCUT2D eigenvalue weighted by Crippen LogP contribution is -2.39. The minimum Gasteiger partial charge on any atom is -0.381 e. The van der Waals surface area contributed by atoms with E-state index in [4.69, 9.17) is 16.3 Å². The smallest absolute Gasteiger partial charge is 0.214 e. The molecule has 0 aliphatic heterocycles. The third-order valence-corrected chi connectivity index (χ3v) is 4.33. The number of benzene rings is 1. The molecule has 0 radical (unpaired) electrons. The zero-order valence-electron chi connectivity index (χ0n) is 11.0. The van der Waals surface area contributed by atoms with Crippen LogP contribution in [0.3, 0.4) is 0 Å². The molecule has 108 valence electrons. The molecule has 0 fully saturated rings. The lowest BCUT2D eigenvalue weighted by molar-refractivity contribution is 0.163. The quantitative estimate of drug-likeness (QED) is 0.559. The minimum absolute atomic E-state index is 0.0387. The van der Waals surface area contributed by atoms with E-state index in [2.05, 4.69) is 4.72 Å². The van der Waals surface area contributed by atoms with Crippen LogP contribution in [0.15, 0.2) is 30.3 Å². The Morgan fingerprint density at radius 3 is 2.58 bits per heavy atom. The third kappa shape index (κ3) is 6.92. The van der Waals surface area contributed by atoms with Gasteiger partial charge in [0.05, 0.1) is 12.4 Å². The molecule has 4 nitrogen and oxygen atoms in total. The van der Waals surface area contributed by atoms with Crippen LogP contribution < -0.4 is 4.72 Å². The van der Waals surface area contributed by atoms with Crippen molar-refractivity contribution >= 4 is 21.6 Å². The molecule has 1 N–H and O–H groups in total. The van der Waals surface area contributed by atoms with Gasteiger partial charge in [0.25, 0.3) is 0 Å². The second-order valence-electron chi connectivity index (χ2n) is 4.17. The van der Waals surface area contributed by atoms with Crippen LogP contribution in [-0.4, -0.2) is 39.3 Å². The predicted molar refractivity (Wildman–Crippen MR) is 78.1 cm³/mol. The lowest BCUT2D eigenvalue weighted by atomic mass is 10.1. The molecule has 1 aromatic carbocycles. The first-order valence-corrected chi connectivity index (χ1v) is 8.43. The van der Waals surface area contributed by atoms with Crippen LogP contribution in [0.1, 0.15) is 12.5 Å². The number of sulfonamides is 1. The summed E-state index contributed by atoms with van der Waals surface area (Å²) < 4.78 is 31.3. The van der Waals surface area contributed by atoms with E-state index in [1.54, 1.807) is 0 Å². The number of rotatable bonds is 9. The fourth-order valence-electron chi connectivity index (χ4n) is 1.65. The maximum absolute atomic E-state index is 11.8. The zero-order chi connectivity index (χ0) is 14.1. The molecule has 1 unspecified atom stereocenters.